The summed E-state index contributed by atoms with van der Waals surface area (Å²) in [5.41, 5.74) is 0. The van der Waals surface area contributed by atoms with Gasteiger partial charge in [0.05, 0.1) is 6.42 Å². The minimum absolute atomic E-state index is 0.140. The van der Waals surface area contributed by atoms with Gasteiger partial charge in [-0.3, -0.25) is 9.59 Å². The molecular formula is C4H4NO3. The lowest BCUT2D eigenvalue weighted by Crippen LogP contribution is -2.17. The van der Waals surface area contributed by atoms with Crippen molar-refractivity contribution in [3.63, 3.8) is 0 Å². The van der Waals surface area contributed by atoms with Crippen molar-refractivity contribution in [2.75, 3.05) is 0 Å². The van der Waals surface area contributed by atoms with Crippen LogP contribution in [0.25, 0.3) is 0 Å². The number of aliphatic hydroxyl groups is 1. The van der Waals surface area contributed by atoms with Gasteiger partial charge >= 0.3 is 0 Å². The molecule has 0 spiro atoms. The molecule has 8 heavy (non-hydrogen) atoms. The number of carbonyl (C=O) groups excluding carboxylic acids is 2. The van der Waals surface area contributed by atoms with Crippen molar-refractivity contribution in [1.29, 1.82) is 0 Å². The SMILES string of the molecule is O=C1CC(O)C(=O)[N]1. The second-order valence-electron chi connectivity index (χ2n) is 1.56. The predicted octanol–water partition coefficient (Wildman–Crippen LogP) is -1.59. The van der Waals surface area contributed by atoms with E-state index in [0.29, 0.717) is 0 Å². The molecule has 0 bridgehead atoms. The summed E-state index contributed by atoms with van der Waals surface area (Å²) in [7, 11) is 0. The van der Waals surface area contributed by atoms with Gasteiger partial charge in [-0.25, -0.2) is 0 Å². The Morgan fingerprint density at radius 3 is 2.38 bits per heavy atom. The van der Waals surface area contributed by atoms with E-state index in [1.54, 1.807) is 0 Å². The maximum Gasteiger partial charge on any atom is 0.278 e. The van der Waals surface area contributed by atoms with Gasteiger partial charge in [-0.15, -0.1) is 0 Å². The fourth-order valence-electron chi connectivity index (χ4n) is 0.496. The van der Waals surface area contributed by atoms with Crippen molar-refractivity contribution in [2.45, 2.75) is 12.5 Å². The van der Waals surface area contributed by atoms with E-state index >= 15 is 0 Å². The Morgan fingerprint density at radius 2 is 2.25 bits per heavy atom. The third-order valence-electron chi connectivity index (χ3n) is 0.888. The molecule has 1 heterocycles. The third-order valence-corrected chi connectivity index (χ3v) is 0.888. The van der Waals surface area contributed by atoms with Gasteiger partial charge in [-0.1, -0.05) is 0 Å². The average Bonchev–Trinajstić information content (AvgIpc) is 1.85. The van der Waals surface area contributed by atoms with Crippen molar-refractivity contribution in [2.24, 2.45) is 0 Å². The molecule has 4 heteroatoms. The normalized spacial score (nSPS) is 28.4. The van der Waals surface area contributed by atoms with Gasteiger partial charge in [0.15, 0.2) is 0 Å². The lowest BCUT2D eigenvalue weighted by Gasteiger charge is -1.86. The lowest BCUT2D eigenvalue weighted by molar-refractivity contribution is -0.128. The van der Waals surface area contributed by atoms with Gasteiger partial charge in [-0.05, 0) is 0 Å². The minimum atomic E-state index is -1.16. The quantitative estimate of drug-likeness (QED) is 0.386. The summed E-state index contributed by atoms with van der Waals surface area (Å²) in [6.45, 7) is 0. The molecular weight excluding hydrogens is 110 g/mol. The van der Waals surface area contributed by atoms with Gasteiger partial charge < -0.3 is 5.11 Å². The van der Waals surface area contributed by atoms with E-state index in [0.717, 1.165) is 0 Å². The number of rotatable bonds is 0. The number of carbonyl (C=O) groups is 2. The maximum absolute atomic E-state index is 10.1. The fourth-order valence-corrected chi connectivity index (χ4v) is 0.496. The number of imide groups is 1. The summed E-state index contributed by atoms with van der Waals surface area (Å²) in [5.74, 6) is -1.24. The number of nitrogens with zero attached hydrogens (tertiary/aromatic N) is 1. The highest BCUT2D eigenvalue weighted by molar-refractivity contribution is 6.04. The standard InChI is InChI=1S/C4H4NO3/c6-2-1-3(7)5-4(2)8/h2,6H,1H2. The van der Waals surface area contributed by atoms with Crippen LogP contribution in [0.15, 0.2) is 0 Å². The average molecular weight is 114 g/mol. The molecule has 1 saturated heterocycles. The van der Waals surface area contributed by atoms with E-state index in [4.69, 9.17) is 5.11 Å². The predicted molar refractivity (Wildman–Crippen MR) is 22.8 cm³/mol. The van der Waals surface area contributed by atoms with E-state index < -0.39 is 17.9 Å². The molecule has 0 aromatic carbocycles. The van der Waals surface area contributed by atoms with Crippen LogP contribution >= 0.6 is 0 Å². The van der Waals surface area contributed by atoms with E-state index in [1.807, 2.05) is 0 Å². The van der Waals surface area contributed by atoms with Crippen LogP contribution in [-0.4, -0.2) is 23.0 Å². The number of aliphatic hydroxyl groups excluding tert-OH is 1. The van der Waals surface area contributed by atoms with Crippen molar-refractivity contribution in [3.8, 4) is 0 Å². The molecule has 0 aliphatic carbocycles. The molecule has 1 aliphatic rings. The van der Waals surface area contributed by atoms with Crippen LogP contribution in [0.3, 0.4) is 0 Å². The topological polar surface area (TPSA) is 68.5 Å². The Bertz CT molecular complexity index is 142. The first-order valence-electron chi connectivity index (χ1n) is 2.16. The summed E-state index contributed by atoms with van der Waals surface area (Å²) in [6.07, 6.45) is -1.30. The second-order valence-corrected chi connectivity index (χ2v) is 1.56. The molecule has 0 aromatic heterocycles. The van der Waals surface area contributed by atoms with Crippen molar-refractivity contribution < 1.29 is 14.7 Å². The van der Waals surface area contributed by atoms with Crippen LogP contribution < -0.4 is 5.32 Å². The minimum Gasteiger partial charge on any atom is -0.383 e. The van der Waals surface area contributed by atoms with E-state index in [-0.39, 0.29) is 6.42 Å². The molecule has 1 aliphatic heterocycles. The lowest BCUT2D eigenvalue weighted by atomic mass is 10.3. The van der Waals surface area contributed by atoms with Crippen LogP contribution in [-0.2, 0) is 9.59 Å². The first-order valence-corrected chi connectivity index (χ1v) is 2.16. The number of amides is 2. The third kappa shape index (κ3) is 0.696. The molecule has 4 nitrogen and oxygen atoms in total. The van der Waals surface area contributed by atoms with Gasteiger partial charge in [0.1, 0.15) is 6.10 Å². The van der Waals surface area contributed by atoms with Crippen LogP contribution in [0.1, 0.15) is 6.42 Å². The van der Waals surface area contributed by atoms with Crippen LogP contribution in [0.4, 0.5) is 0 Å². The van der Waals surface area contributed by atoms with Gasteiger partial charge in [-0.2, -0.15) is 5.32 Å². The van der Waals surface area contributed by atoms with Crippen LogP contribution in [0.5, 0.6) is 0 Å². The van der Waals surface area contributed by atoms with Gasteiger partial charge in [0, 0.05) is 0 Å². The highest BCUT2D eigenvalue weighted by atomic mass is 16.3. The molecule has 43 valence electrons. The molecule has 0 aromatic rings. The Hall–Kier alpha value is -0.900. The monoisotopic (exact) mass is 114 g/mol. The summed E-state index contributed by atoms with van der Waals surface area (Å²) < 4.78 is 0. The smallest absolute Gasteiger partial charge is 0.278 e. The van der Waals surface area contributed by atoms with Crippen LogP contribution in [0, 0.1) is 0 Å². The number of hydrogen-bond donors (Lipinski definition) is 1. The maximum atomic E-state index is 10.1. The van der Waals surface area contributed by atoms with E-state index in [2.05, 4.69) is 5.32 Å². The molecule has 1 radical (unpaired) electrons. The molecule has 1 atom stereocenters. The van der Waals surface area contributed by atoms with E-state index in [9.17, 15) is 9.59 Å². The Morgan fingerprint density at radius 1 is 1.62 bits per heavy atom. The first-order chi connectivity index (χ1) is 3.70. The zero-order valence-electron chi connectivity index (χ0n) is 4.00. The molecule has 2 amide bonds. The first kappa shape index (κ1) is 5.24. The van der Waals surface area contributed by atoms with Gasteiger partial charge in [0.25, 0.3) is 11.8 Å². The number of hydrogen-bond acceptors (Lipinski definition) is 3. The van der Waals surface area contributed by atoms with Crippen molar-refractivity contribution >= 4 is 11.8 Å². The Labute approximate surface area is 45.5 Å². The highest BCUT2D eigenvalue weighted by Gasteiger charge is 2.30. The molecule has 0 saturated carbocycles. The fraction of sp³-hybridized carbons (Fsp3) is 0.500. The molecule has 1 unspecified atom stereocenters. The molecule has 1 N–H and O–H groups in total. The Balaban J connectivity index is 2.64. The highest BCUT2D eigenvalue weighted by Crippen LogP contribution is 2.00. The second kappa shape index (κ2) is 1.56. The summed E-state index contributed by atoms with van der Waals surface area (Å²) >= 11 is 0. The summed E-state index contributed by atoms with van der Waals surface area (Å²) in [4.78, 5) is 20.3. The molecule has 1 rings (SSSR count). The van der Waals surface area contributed by atoms with Crippen molar-refractivity contribution in [1.82, 2.24) is 5.32 Å². The van der Waals surface area contributed by atoms with Crippen LogP contribution in [0.2, 0.25) is 0 Å². The molecule has 1 fully saturated rings. The zero-order chi connectivity index (χ0) is 6.15. The van der Waals surface area contributed by atoms with Gasteiger partial charge in [0.2, 0.25) is 0 Å². The zero-order valence-corrected chi connectivity index (χ0v) is 4.00. The Kier molecular flexibility index (Phi) is 1.02. The summed E-state index contributed by atoms with van der Waals surface area (Å²) in [5, 5.41) is 11.4. The largest absolute Gasteiger partial charge is 0.383 e. The summed E-state index contributed by atoms with van der Waals surface area (Å²) in [6, 6.07) is 0. The van der Waals surface area contributed by atoms with E-state index in [1.165, 1.54) is 0 Å². The van der Waals surface area contributed by atoms with Crippen molar-refractivity contribution in [3.05, 3.63) is 0 Å².